The van der Waals surface area contributed by atoms with Crippen molar-refractivity contribution < 1.29 is 4.79 Å². The third-order valence-electron chi connectivity index (χ3n) is 4.40. The fourth-order valence-corrected chi connectivity index (χ4v) is 3.15. The average Bonchev–Trinajstić information content (AvgIpc) is 2.74. The second-order valence-electron chi connectivity index (χ2n) is 5.98. The lowest BCUT2D eigenvalue weighted by Crippen LogP contribution is -2.56. The Bertz CT molecular complexity index is 442. The second kappa shape index (κ2) is 7.40. The van der Waals surface area contributed by atoms with Gasteiger partial charge in [0.05, 0.1) is 18.7 Å². The van der Waals surface area contributed by atoms with Gasteiger partial charge in [-0.1, -0.05) is 25.7 Å². The van der Waals surface area contributed by atoms with E-state index in [1.165, 1.54) is 0 Å². The maximum atomic E-state index is 12.3. The molecule has 114 valence electrons. The summed E-state index contributed by atoms with van der Waals surface area (Å²) in [6, 6.07) is 4.27. The van der Waals surface area contributed by atoms with Crippen LogP contribution in [-0.2, 0) is 4.79 Å². The third kappa shape index (κ3) is 4.17. The Morgan fingerprint density at radius 2 is 2.00 bits per heavy atom. The first-order valence-corrected chi connectivity index (χ1v) is 7.76. The van der Waals surface area contributed by atoms with Crippen LogP contribution in [0.1, 0.15) is 38.5 Å². The molecule has 0 radical (unpaired) electrons. The maximum absolute atomic E-state index is 12.3. The van der Waals surface area contributed by atoms with Crippen molar-refractivity contribution in [2.24, 2.45) is 0 Å². The van der Waals surface area contributed by atoms with E-state index in [4.69, 9.17) is 5.26 Å². The van der Waals surface area contributed by atoms with Gasteiger partial charge in [-0.15, -0.1) is 0 Å². The van der Waals surface area contributed by atoms with Crippen molar-refractivity contribution in [1.29, 1.82) is 10.5 Å². The predicted octanol–water partition coefficient (Wildman–Crippen LogP) is 0.517. The van der Waals surface area contributed by atoms with Gasteiger partial charge in [0.25, 0.3) is 0 Å². The van der Waals surface area contributed by atoms with Gasteiger partial charge >= 0.3 is 0 Å². The molecule has 1 saturated heterocycles. The third-order valence-corrected chi connectivity index (χ3v) is 4.40. The van der Waals surface area contributed by atoms with Crippen LogP contribution in [0.25, 0.3) is 0 Å². The summed E-state index contributed by atoms with van der Waals surface area (Å²) in [5, 5.41) is 24.7. The largest absolute Gasteiger partial charge is 0.337 e. The highest BCUT2D eigenvalue weighted by molar-refractivity contribution is 5.79. The van der Waals surface area contributed by atoms with Crippen LogP contribution in [0.15, 0.2) is 0 Å². The van der Waals surface area contributed by atoms with E-state index in [0.717, 1.165) is 45.1 Å². The Kier molecular flexibility index (Phi) is 5.55. The molecule has 0 aromatic heterocycles. The molecule has 1 heterocycles. The zero-order chi connectivity index (χ0) is 15.1. The molecular formula is C15H23N5O. The summed E-state index contributed by atoms with van der Waals surface area (Å²) < 4.78 is 0. The highest BCUT2D eigenvalue weighted by Crippen LogP contribution is 2.26. The van der Waals surface area contributed by atoms with E-state index < -0.39 is 5.54 Å². The van der Waals surface area contributed by atoms with E-state index in [-0.39, 0.29) is 18.5 Å². The van der Waals surface area contributed by atoms with E-state index in [9.17, 15) is 10.1 Å². The average molecular weight is 289 g/mol. The fraction of sp³-hybridized carbons (Fsp3) is 0.800. The lowest BCUT2D eigenvalue weighted by Gasteiger charge is -2.33. The summed E-state index contributed by atoms with van der Waals surface area (Å²) in [6.07, 6.45) is 5.71. The van der Waals surface area contributed by atoms with Crippen molar-refractivity contribution >= 4 is 5.91 Å². The summed E-state index contributed by atoms with van der Waals surface area (Å²) in [7, 11) is 0. The summed E-state index contributed by atoms with van der Waals surface area (Å²) >= 11 is 0. The van der Waals surface area contributed by atoms with Crippen LogP contribution >= 0.6 is 0 Å². The van der Waals surface area contributed by atoms with Gasteiger partial charge in [0.15, 0.2) is 0 Å². The number of nitrogens with zero attached hydrogens (tertiary/aromatic N) is 3. The number of amides is 1. The highest BCUT2D eigenvalue weighted by Gasteiger charge is 2.33. The van der Waals surface area contributed by atoms with Gasteiger partial charge in [-0.3, -0.25) is 9.69 Å². The van der Waals surface area contributed by atoms with Gasteiger partial charge in [-0.05, 0) is 12.8 Å². The molecular weight excluding hydrogens is 266 g/mol. The van der Waals surface area contributed by atoms with Crippen LogP contribution in [0.4, 0.5) is 0 Å². The lowest BCUT2D eigenvalue weighted by atomic mass is 9.92. The van der Waals surface area contributed by atoms with Crippen LogP contribution in [0.2, 0.25) is 0 Å². The Morgan fingerprint density at radius 3 is 2.62 bits per heavy atom. The van der Waals surface area contributed by atoms with Crippen molar-refractivity contribution in [2.75, 3.05) is 26.2 Å². The highest BCUT2D eigenvalue weighted by atomic mass is 16.2. The number of carbonyl (C=O) groups excluding carboxylic acids is 1. The van der Waals surface area contributed by atoms with Gasteiger partial charge in [-0.25, -0.2) is 0 Å². The van der Waals surface area contributed by atoms with Crippen LogP contribution in [0, 0.1) is 22.7 Å². The fourth-order valence-electron chi connectivity index (χ4n) is 3.15. The maximum Gasteiger partial charge on any atom is 0.235 e. The minimum absolute atomic E-state index is 0.138. The zero-order valence-corrected chi connectivity index (χ0v) is 12.4. The molecule has 2 aliphatic rings. The van der Waals surface area contributed by atoms with Crippen molar-refractivity contribution in [3.05, 3.63) is 0 Å². The van der Waals surface area contributed by atoms with Crippen LogP contribution < -0.4 is 10.6 Å². The van der Waals surface area contributed by atoms with E-state index in [1.54, 1.807) is 0 Å². The first kappa shape index (κ1) is 15.8. The van der Waals surface area contributed by atoms with Crippen molar-refractivity contribution in [2.45, 2.75) is 50.1 Å². The van der Waals surface area contributed by atoms with Crippen LogP contribution in [0.5, 0.6) is 0 Å². The summed E-state index contributed by atoms with van der Waals surface area (Å²) in [5.74, 6) is -0.138. The predicted molar refractivity (Wildman–Crippen MR) is 78.0 cm³/mol. The number of nitriles is 2. The van der Waals surface area contributed by atoms with Crippen LogP contribution in [-0.4, -0.2) is 48.6 Å². The monoisotopic (exact) mass is 289 g/mol. The van der Waals surface area contributed by atoms with Gasteiger partial charge in [0.1, 0.15) is 11.6 Å². The molecule has 21 heavy (non-hydrogen) atoms. The molecule has 1 amide bonds. The first-order chi connectivity index (χ1) is 10.2. The molecule has 2 fully saturated rings. The normalized spacial score (nSPS) is 26.1. The number of carbonyl (C=O) groups is 1. The molecule has 1 unspecified atom stereocenters. The second-order valence-corrected chi connectivity index (χ2v) is 5.98. The van der Waals surface area contributed by atoms with E-state index in [1.807, 2.05) is 4.90 Å². The zero-order valence-electron chi connectivity index (χ0n) is 12.4. The Balaban J connectivity index is 1.93. The minimum atomic E-state index is -0.705. The number of piperazine rings is 1. The first-order valence-electron chi connectivity index (χ1n) is 7.76. The summed E-state index contributed by atoms with van der Waals surface area (Å²) in [5.41, 5.74) is -0.705. The number of hydrogen-bond donors (Lipinski definition) is 2. The quantitative estimate of drug-likeness (QED) is 0.739. The van der Waals surface area contributed by atoms with E-state index in [0.29, 0.717) is 13.1 Å². The van der Waals surface area contributed by atoms with Gasteiger partial charge < -0.3 is 10.6 Å². The minimum Gasteiger partial charge on any atom is -0.337 e. The molecule has 6 nitrogen and oxygen atoms in total. The van der Waals surface area contributed by atoms with Gasteiger partial charge in [-0.2, -0.15) is 10.5 Å². The molecule has 1 aliphatic carbocycles. The molecule has 1 saturated carbocycles. The number of nitrogens with one attached hydrogen (secondary N) is 2. The molecule has 2 rings (SSSR count). The van der Waals surface area contributed by atoms with E-state index >= 15 is 0 Å². The van der Waals surface area contributed by atoms with Crippen LogP contribution in [0.3, 0.4) is 0 Å². The molecule has 1 aliphatic heterocycles. The molecule has 0 bridgehead atoms. The van der Waals surface area contributed by atoms with Gasteiger partial charge in [0, 0.05) is 19.6 Å². The SMILES string of the molecule is N#CC1CNCCN1CC(=O)NC1(C#N)CCCCCC1. The van der Waals surface area contributed by atoms with Crippen molar-refractivity contribution in [1.82, 2.24) is 15.5 Å². The molecule has 0 aromatic rings. The molecule has 2 N–H and O–H groups in total. The van der Waals surface area contributed by atoms with Crippen molar-refractivity contribution in [3.8, 4) is 12.1 Å². The molecule has 1 atom stereocenters. The van der Waals surface area contributed by atoms with E-state index in [2.05, 4.69) is 22.8 Å². The molecule has 6 heteroatoms. The Hall–Kier alpha value is -1.63. The Labute approximate surface area is 126 Å². The number of rotatable bonds is 3. The smallest absolute Gasteiger partial charge is 0.235 e. The summed E-state index contributed by atoms with van der Waals surface area (Å²) in [4.78, 5) is 14.2. The molecule has 0 spiro atoms. The standard InChI is InChI=1S/C15H23N5O/c16-9-13-10-18-7-8-20(13)11-14(21)19-15(12-17)5-3-1-2-4-6-15/h13,18H,1-8,10-11H2,(H,19,21). The molecule has 0 aromatic carbocycles. The lowest BCUT2D eigenvalue weighted by molar-refractivity contribution is -0.124. The topological polar surface area (TPSA) is 91.9 Å². The van der Waals surface area contributed by atoms with Gasteiger partial charge in [0.2, 0.25) is 5.91 Å². The van der Waals surface area contributed by atoms with Crippen molar-refractivity contribution in [3.63, 3.8) is 0 Å². The Morgan fingerprint density at radius 1 is 1.29 bits per heavy atom. The number of hydrogen-bond acceptors (Lipinski definition) is 5. The summed E-state index contributed by atoms with van der Waals surface area (Å²) in [6.45, 7) is 2.26.